The van der Waals surface area contributed by atoms with Crippen LogP contribution in [0.1, 0.15) is 52.9 Å². The number of nitrogens with zero attached hydrogens (tertiary/aromatic N) is 1. The van der Waals surface area contributed by atoms with E-state index in [1.165, 1.54) is 25.7 Å². The minimum Gasteiger partial charge on any atom is -0.298 e. The van der Waals surface area contributed by atoms with Gasteiger partial charge < -0.3 is 0 Å². The first kappa shape index (κ1) is 11.7. The number of likely N-dealkylation sites (tertiary alicyclic amines) is 1. The molecule has 14 heavy (non-hydrogen) atoms. The van der Waals surface area contributed by atoms with Gasteiger partial charge in [-0.1, -0.05) is 19.8 Å². The molecule has 0 bridgehead atoms. The van der Waals surface area contributed by atoms with Crippen molar-refractivity contribution in [3.63, 3.8) is 0 Å². The summed E-state index contributed by atoms with van der Waals surface area (Å²) >= 11 is 0. The molecule has 0 aromatic rings. The fourth-order valence-corrected chi connectivity index (χ4v) is 2.50. The molecule has 0 radical (unpaired) electrons. The minimum atomic E-state index is 0.213. The van der Waals surface area contributed by atoms with Crippen LogP contribution in [-0.4, -0.2) is 29.3 Å². The Morgan fingerprint density at radius 3 is 2.79 bits per heavy atom. The van der Waals surface area contributed by atoms with Gasteiger partial charge in [0.25, 0.3) is 0 Å². The van der Waals surface area contributed by atoms with Crippen LogP contribution in [0.3, 0.4) is 0 Å². The Kier molecular flexibility index (Phi) is 4.59. The summed E-state index contributed by atoms with van der Waals surface area (Å²) < 4.78 is 0. The van der Waals surface area contributed by atoms with Crippen molar-refractivity contribution in [1.29, 1.82) is 0 Å². The summed E-state index contributed by atoms with van der Waals surface area (Å²) in [6.07, 6.45) is 5.98. The van der Waals surface area contributed by atoms with E-state index in [4.69, 9.17) is 0 Å². The van der Waals surface area contributed by atoms with E-state index in [0.29, 0.717) is 11.8 Å². The summed E-state index contributed by atoms with van der Waals surface area (Å²) in [7, 11) is 0. The summed E-state index contributed by atoms with van der Waals surface area (Å²) in [5.41, 5.74) is 0. The number of rotatable bonds is 4. The van der Waals surface area contributed by atoms with Crippen molar-refractivity contribution >= 4 is 5.78 Å². The largest absolute Gasteiger partial charge is 0.298 e. The molecular formula is C12H23NO. The summed E-state index contributed by atoms with van der Waals surface area (Å²) in [5, 5.41) is 0. The minimum absolute atomic E-state index is 0.213. The number of hydrogen-bond acceptors (Lipinski definition) is 2. The van der Waals surface area contributed by atoms with E-state index in [1.807, 2.05) is 0 Å². The van der Waals surface area contributed by atoms with Crippen LogP contribution >= 0.6 is 0 Å². The average Bonchev–Trinajstić information content (AvgIpc) is 2.18. The van der Waals surface area contributed by atoms with Gasteiger partial charge in [-0.15, -0.1) is 0 Å². The van der Waals surface area contributed by atoms with Crippen LogP contribution in [0.15, 0.2) is 0 Å². The molecule has 0 amide bonds. The molecule has 2 heteroatoms. The van der Waals surface area contributed by atoms with Crippen molar-refractivity contribution in [3.8, 4) is 0 Å². The fraction of sp³-hybridized carbons (Fsp3) is 0.917. The molecule has 0 aromatic heterocycles. The van der Waals surface area contributed by atoms with E-state index in [0.717, 1.165) is 13.0 Å². The van der Waals surface area contributed by atoms with Gasteiger partial charge >= 0.3 is 0 Å². The lowest BCUT2D eigenvalue weighted by Crippen LogP contribution is -2.48. The Morgan fingerprint density at radius 2 is 2.21 bits per heavy atom. The molecule has 1 aliphatic rings. The molecular weight excluding hydrogens is 174 g/mol. The molecule has 0 aliphatic carbocycles. The van der Waals surface area contributed by atoms with Crippen molar-refractivity contribution in [3.05, 3.63) is 0 Å². The molecule has 1 fully saturated rings. The van der Waals surface area contributed by atoms with Gasteiger partial charge in [0.05, 0.1) is 6.04 Å². The standard InChI is InChI=1S/C12H23NO/c1-4-7-10(2)13-9-6-5-8-12(13)11(3)14/h10,12H,4-9H2,1-3H3. The van der Waals surface area contributed by atoms with Crippen LogP contribution in [0.4, 0.5) is 0 Å². The normalized spacial score (nSPS) is 26.1. The van der Waals surface area contributed by atoms with Crippen molar-refractivity contribution in [2.75, 3.05) is 6.54 Å². The molecule has 1 rings (SSSR count). The van der Waals surface area contributed by atoms with E-state index in [1.54, 1.807) is 6.92 Å². The first-order valence-electron chi connectivity index (χ1n) is 5.93. The number of carbonyl (C=O) groups excluding carboxylic acids is 1. The second-order valence-electron chi connectivity index (χ2n) is 4.50. The van der Waals surface area contributed by atoms with Crippen LogP contribution in [0, 0.1) is 0 Å². The monoisotopic (exact) mass is 197 g/mol. The SMILES string of the molecule is CCCC(C)N1CCCCC1C(C)=O. The predicted molar refractivity (Wildman–Crippen MR) is 59.4 cm³/mol. The molecule has 82 valence electrons. The second-order valence-corrected chi connectivity index (χ2v) is 4.50. The smallest absolute Gasteiger partial charge is 0.146 e. The third-order valence-corrected chi connectivity index (χ3v) is 3.29. The van der Waals surface area contributed by atoms with Crippen molar-refractivity contribution < 1.29 is 4.79 Å². The van der Waals surface area contributed by atoms with E-state index >= 15 is 0 Å². The summed E-state index contributed by atoms with van der Waals surface area (Å²) in [6.45, 7) is 7.32. The quantitative estimate of drug-likeness (QED) is 0.690. The van der Waals surface area contributed by atoms with Gasteiger partial charge in [0.1, 0.15) is 5.78 Å². The highest BCUT2D eigenvalue weighted by atomic mass is 16.1. The Bertz CT molecular complexity index is 191. The highest BCUT2D eigenvalue weighted by Crippen LogP contribution is 2.21. The van der Waals surface area contributed by atoms with Gasteiger partial charge in [-0.3, -0.25) is 9.69 Å². The summed E-state index contributed by atoms with van der Waals surface area (Å²) in [6, 6.07) is 0.791. The lowest BCUT2D eigenvalue weighted by Gasteiger charge is -2.38. The van der Waals surface area contributed by atoms with Gasteiger partial charge in [-0.25, -0.2) is 0 Å². The van der Waals surface area contributed by atoms with Crippen molar-refractivity contribution in [1.82, 2.24) is 4.90 Å². The van der Waals surface area contributed by atoms with Crippen LogP contribution in [-0.2, 0) is 4.79 Å². The molecule has 0 saturated carbocycles. The molecule has 0 aromatic carbocycles. The van der Waals surface area contributed by atoms with Crippen LogP contribution in [0.2, 0.25) is 0 Å². The maximum absolute atomic E-state index is 11.5. The van der Waals surface area contributed by atoms with E-state index < -0.39 is 0 Å². The third-order valence-electron chi connectivity index (χ3n) is 3.29. The van der Waals surface area contributed by atoms with Gasteiger partial charge in [-0.2, -0.15) is 0 Å². The van der Waals surface area contributed by atoms with Gasteiger partial charge in [-0.05, 0) is 39.7 Å². The van der Waals surface area contributed by atoms with Crippen molar-refractivity contribution in [2.45, 2.75) is 65.0 Å². The van der Waals surface area contributed by atoms with E-state index in [2.05, 4.69) is 18.7 Å². The lowest BCUT2D eigenvalue weighted by atomic mass is 9.96. The van der Waals surface area contributed by atoms with E-state index in [9.17, 15) is 4.79 Å². The van der Waals surface area contributed by atoms with Crippen LogP contribution in [0.25, 0.3) is 0 Å². The van der Waals surface area contributed by atoms with Crippen molar-refractivity contribution in [2.24, 2.45) is 0 Å². The predicted octanol–water partition coefficient (Wildman–Crippen LogP) is 2.62. The lowest BCUT2D eigenvalue weighted by molar-refractivity contribution is -0.124. The zero-order valence-corrected chi connectivity index (χ0v) is 9.75. The molecule has 0 N–H and O–H groups in total. The maximum Gasteiger partial charge on any atom is 0.146 e. The number of piperidine rings is 1. The van der Waals surface area contributed by atoms with Crippen LogP contribution in [0.5, 0.6) is 0 Å². The third kappa shape index (κ3) is 2.81. The van der Waals surface area contributed by atoms with Gasteiger partial charge in [0, 0.05) is 6.04 Å². The molecule has 1 heterocycles. The molecule has 1 saturated heterocycles. The van der Waals surface area contributed by atoms with Gasteiger partial charge in [0.2, 0.25) is 0 Å². The first-order chi connectivity index (χ1) is 6.66. The van der Waals surface area contributed by atoms with Crippen LogP contribution < -0.4 is 0 Å². The average molecular weight is 197 g/mol. The molecule has 2 unspecified atom stereocenters. The topological polar surface area (TPSA) is 20.3 Å². The zero-order valence-electron chi connectivity index (χ0n) is 9.75. The Labute approximate surface area is 87.7 Å². The second kappa shape index (κ2) is 5.50. The molecule has 0 spiro atoms. The fourth-order valence-electron chi connectivity index (χ4n) is 2.50. The molecule has 2 nitrogen and oxygen atoms in total. The first-order valence-corrected chi connectivity index (χ1v) is 5.93. The Morgan fingerprint density at radius 1 is 1.50 bits per heavy atom. The van der Waals surface area contributed by atoms with E-state index in [-0.39, 0.29) is 6.04 Å². The Balaban J connectivity index is 2.57. The number of hydrogen-bond donors (Lipinski definition) is 0. The zero-order chi connectivity index (χ0) is 10.6. The highest BCUT2D eigenvalue weighted by molar-refractivity contribution is 5.81. The highest BCUT2D eigenvalue weighted by Gasteiger charge is 2.28. The summed E-state index contributed by atoms with van der Waals surface area (Å²) in [4.78, 5) is 13.9. The number of carbonyl (C=O) groups is 1. The Hall–Kier alpha value is -0.370. The summed E-state index contributed by atoms with van der Waals surface area (Å²) in [5.74, 6) is 0.354. The number of Topliss-reactive ketones (excluding diaryl/α,β-unsaturated/α-hetero) is 1. The maximum atomic E-state index is 11.5. The molecule has 1 aliphatic heterocycles. The number of ketones is 1. The molecule has 2 atom stereocenters. The van der Waals surface area contributed by atoms with Gasteiger partial charge in [0.15, 0.2) is 0 Å².